The van der Waals surface area contributed by atoms with Crippen molar-refractivity contribution in [1.82, 2.24) is 25.1 Å². The largest absolute Gasteiger partial charge is 0.285 e. The minimum absolute atomic E-state index is 0.0327. The van der Waals surface area contributed by atoms with Crippen LogP contribution in [0.1, 0.15) is 34.1 Å². The van der Waals surface area contributed by atoms with Gasteiger partial charge in [0.25, 0.3) is 0 Å². The van der Waals surface area contributed by atoms with E-state index in [1.165, 1.54) is 22.3 Å². The Labute approximate surface area is 177 Å². The molecule has 1 atom stereocenters. The summed E-state index contributed by atoms with van der Waals surface area (Å²) in [7, 11) is 0. The summed E-state index contributed by atoms with van der Waals surface area (Å²) < 4.78 is 1.98. The van der Waals surface area contributed by atoms with Crippen molar-refractivity contribution in [3.05, 3.63) is 113 Å². The first-order valence-corrected chi connectivity index (χ1v) is 10.5. The van der Waals surface area contributed by atoms with Crippen LogP contribution in [-0.2, 0) is 25.9 Å². The van der Waals surface area contributed by atoms with Crippen molar-refractivity contribution < 1.29 is 0 Å². The maximum atomic E-state index is 4.50. The van der Waals surface area contributed by atoms with Gasteiger partial charge < -0.3 is 0 Å². The third-order valence-electron chi connectivity index (χ3n) is 5.90. The van der Waals surface area contributed by atoms with Gasteiger partial charge in [-0.15, -0.1) is 5.10 Å². The topological polar surface area (TPSA) is 46.8 Å². The second-order valence-corrected chi connectivity index (χ2v) is 7.80. The third kappa shape index (κ3) is 3.89. The Balaban J connectivity index is 1.46. The summed E-state index contributed by atoms with van der Waals surface area (Å²) in [6.45, 7) is 2.66. The van der Waals surface area contributed by atoms with E-state index in [4.69, 9.17) is 0 Å². The molecule has 1 aromatic heterocycles. The molecule has 5 nitrogen and oxygen atoms in total. The molecule has 5 rings (SSSR count). The van der Waals surface area contributed by atoms with Crippen LogP contribution in [0.5, 0.6) is 0 Å². The van der Waals surface area contributed by atoms with E-state index in [1.54, 1.807) is 0 Å². The van der Waals surface area contributed by atoms with Gasteiger partial charge in [0.1, 0.15) is 0 Å². The molecular weight excluding hydrogens is 370 g/mol. The standard InChI is InChI=1S/C25H25N5/c1-3-9-20(10-4-1)15-18-30-25(26-27-28-30)24(22-12-5-2-6-13-22)29-17-16-21-11-7-8-14-23(21)19-29/h1-14,24H,15-19H2/t24-/m1/s1. The van der Waals surface area contributed by atoms with Crippen LogP contribution in [0.15, 0.2) is 84.9 Å². The van der Waals surface area contributed by atoms with E-state index in [1.807, 2.05) is 10.7 Å². The van der Waals surface area contributed by atoms with Gasteiger partial charge in [-0.3, -0.25) is 4.90 Å². The fraction of sp³-hybridized carbons (Fsp3) is 0.240. The summed E-state index contributed by atoms with van der Waals surface area (Å²) in [5.74, 6) is 0.913. The number of aromatic nitrogens is 4. The van der Waals surface area contributed by atoms with Crippen molar-refractivity contribution >= 4 is 0 Å². The molecule has 150 valence electrons. The highest BCUT2D eigenvalue weighted by Gasteiger charge is 2.30. The van der Waals surface area contributed by atoms with Crippen molar-refractivity contribution in [2.24, 2.45) is 0 Å². The quantitative estimate of drug-likeness (QED) is 0.494. The lowest BCUT2D eigenvalue weighted by Crippen LogP contribution is -2.36. The molecule has 5 heteroatoms. The number of rotatable bonds is 6. The van der Waals surface area contributed by atoms with E-state index in [0.29, 0.717) is 0 Å². The van der Waals surface area contributed by atoms with Crippen LogP contribution in [0.3, 0.4) is 0 Å². The van der Waals surface area contributed by atoms with E-state index < -0.39 is 0 Å². The second kappa shape index (κ2) is 8.59. The molecule has 0 unspecified atom stereocenters. The number of hydrogen-bond donors (Lipinski definition) is 0. The van der Waals surface area contributed by atoms with Gasteiger partial charge in [0, 0.05) is 19.6 Å². The lowest BCUT2D eigenvalue weighted by Gasteiger charge is -2.35. The van der Waals surface area contributed by atoms with Gasteiger partial charge >= 0.3 is 0 Å². The molecule has 4 aromatic rings. The highest BCUT2D eigenvalue weighted by Crippen LogP contribution is 2.31. The summed E-state index contributed by atoms with van der Waals surface area (Å²) in [6, 6.07) is 29.9. The van der Waals surface area contributed by atoms with Crippen LogP contribution in [0.2, 0.25) is 0 Å². The third-order valence-corrected chi connectivity index (χ3v) is 5.90. The minimum atomic E-state index is 0.0327. The van der Waals surface area contributed by atoms with Crippen molar-refractivity contribution in [2.45, 2.75) is 32.0 Å². The number of aryl methyl sites for hydroxylation is 2. The second-order valence-electron chi connectivity index (χ2n) is 7.80. The number of benzene rings is 3. The normalized spacial score (nSPS) is 14.9. The molecular formula is C25H25N5. The van der Waals surface area contributed by atoms with Gasteiger partial charge in [-0.05, 0) is 45.5 Å². The van der Waals surface area contributed by atoms with Gasteiger partial charge in [0.05, 0.1) is 6.04 Å². The zero-order valence-corrected chi connectivity index (χ0v) is 16.9. The molecule has 0 N–H and O–H groups in total. The fourth-order valence-corrected chi connectivity index (χ4v) is 4.34. The Morgan fingerprint density at radius 1 is 0.800 bits per heavy atom. The van der Waals surface area contributed by atoms with E-state index >= 15 is 0 Å². The summed E-state index contributed by atoms with van der Waals surface area (Å²) in [5, 5.41) is 12.9. The molecule has 0 aliphatic carbocycles. The lowest BCUT2D eigenvalue weighted by atomic mass is 9.96. The Bertz CT molecular complexity index is 1090. The molecule has 0 radical (unpaired) electrons. The highest BCUT2D eigenvalue weighted by molar-refractivity contribution is 5.31. The molecule has 30 heavy (non-hydrogen) atoms. The van der Waals surface area contributed by atoms with Gasteiger partial charge in [-0.1, -0.05) is 84.9 Å². The lowest BCUT2D eigenvalue weighted by molar-refractivity contribution is 0.194. The first-order valence-electron chi connectivity index (χ1n) is 10.5. The first-order chi connectivity index (χ1) is 14.9. The summed E-state index contributed by atoms with van der Waals surface area (Å²) in [5.41, 5.74) is 5.37. The molecule has 3 aromatic carbocycles. The predicted molar refractivity (Wildman–Crippen MR) is 117 cm³/mol. The molecule has 0 bridgehead atoms. The molecule has 0 fully saturated rings. The first kappa shape index (κ1) is 18.7. The zero-order chi connectivity index (χ0) is 20.2. The van der Waals surface area contributed by atoms with Crippen molar-refractivity contribution in [1.29, 1.82) is 0 Å². The maximum Gasteiger partial charge on any atom is 0.173 e. The van der Waals surface area contributed by atoms with Crippen LogP contribution in [0.25, 0.3) is 0 Å². The monoisotopic (exact) mass is 395 g/mol. The minimum Gasteiger partial charge on any atom is -0.285 e. The Morgan fingerprint density at radius 3 is 2.30 bits per heavy atom. The Morgan fingerprint density at radius 2 is 1.50 bits per heavy atom. The SMILES string of the molecule is c1ccc(CCn2nnnc2[C@@H](c2ccccc2)N2CCc3ccccc3C2)cc1. The van der Waals surface area contributed by atoms with Gasteiger partial charge in [-0.2, -0.15) is 0 Å². The maximum absolute atomic E-state index is 4.50. The smallest absolute Gasteiger partial charge is 0.173 e. The van der Waals surface area contributed by atoms with Gasteiger partial charge in [0.15, 0.2) is 5.82 Å². The molecule has 1 aliphatic heterocycles. The van der Waals surface area contributed by atoms with Crippen LogP contribution in [0, 0.1) is 0 Å². The predicted octanol–water partition coefficient (Wildman–Crippen LogP) is 4.06. The summed E-state index contributed by atoms with van der Waals surface area (Å²) >= 11 is 0. The summed E-state index contributed by atoms with van der Waals surface area (Å²) in [4.78, 5) is 2.50. The van der Waals surface area contributed by atoms with Gasteiger partial charge in [-0.25, -0.2) is 4.68 Å². The molecule has 0 amide bonds. The van der Waals surface area contributed by atoms with Crippen molar-refractivity contribution in [3.8, 4) is 0 Å². The zero-order valence-electron chi connectivity index (χ0n) is 16.9. The summed E-state index contributed by atoms with van der Waals surface area (Å²) in [6.07, 6.45) is 1.95. The Kier molecular flexibility index (Phi) is 5.36. The van der Waals surface area contributed by atoms with E-state index in [9.17, 15) is 0 Å². The van der Waals surface area contributed by atoms with E-state index in [-0.39, 0.29) is 6.04 Å². The highest BCUT2D eigenvalue weighted by atomic mass is 15.5. The number of fused-ring (bicyclic) bond motifs is 1. The van der Waals surface area contributed by atoms with Crippen LogP contribution < -0.4 is 0 Å². The van der Waals surface area contributed by atoms with E-state index in [0.717, 1.165) is 38.3 Å². The fourth-order valence-electron chi connectivity index (χ4n) is 4.34. The van der Waals surface area contributed by atoms with Crippen LogP contribution in [0.4, 0.5) is 0 Å². The Hall–Kier alpha value is -3.31. The number of tetrazole rings is 1. The molecule has 0 saturated heterocycles. The molecule has 0 saturated carbocycles. The van der Waals surface area contributed by atoms with Crippen LogP contribution >= 0.6 is 0 Å². The molecule has 0 spiro atoms. The molecule has 2 heterocycles. The van der Waals surface area contributed by atoms with Crippen molar-refractivity contribution in [2.75, 3.05) is 6.54 Å². The number of hydrogen-bond acceptors (Lipinski definition) is 4. The number of nitrogens with zero attached hydrogens (tertiary/aromatic N) is 5. The average Bonchev–Trinajstić information content (AvgIpc) is 3.27. The van der Waals surface area contributed by atoms with Gasteiger partial charge in [0.2, 0.25) is 0 Å². The van der Waals surface area contributed by atoms with Crippen molar-refractivity contribution in [3.63, 3.8) is 0 Å². The van der Waals surface area contributed by atoms with E-state index in [2.05, 4.69) is 99.3 Å². The van der Waals surface area contributed by atoms with Crippen LogP contribution in [-0.4, -0.2) is 31.7 Å². The average molecular weight is 396 g/mol. The molecule has 1 aliphatic rings.